The zero-order valence-corrected chi connectivity index (χ0v) is 16.3. The van der Waals surface area contributed by atoms with Crippen LogP contribution in [0.25, 0.3) is 21.9 Å². The van der Waals surface area contributed by atoms with Crippen molar-refractivity contribution in [1.82, 2.24) is 10.3 Å². The van der Waals surface area contributed by atoms with Crippen molar-refractivity contribution in [3.05, 3.63) is 82.3 Å². The van der Waals surface area contributed by atoms with Gasteiger partial charge in [0.25, 0.3) is 5.91 Å². The number of carbonyl (C=O) groups excluding carboxylic acids is 2. The van der Waals surface area contributed by atoms with E-state index >= 15 is 0 Å². The molecule has 2 aromatic heterocycles. The molecule has 2 heterocycles. The Balaban J connectivity index is 1.63. The molecule has 1 atom stereocenters. The second-order valence-corrected chi connectivity index (χ2v) is 6.83. The number of H-pyrrole nitrogens is 1. The van der Waals surface area contributed by atoms with Crippen molar-refractivity contribution < 1.29 is 18.7 Å². The third-order valence-electron chi connectivity index (χ3n) is 4.86. The van der Waals surface area contributed by atoms with Crippen molar-refractivity contribution in [3.63, 3.8) is 0 Å². The normalized spacial score (nSPS) is 12.0. The summed E-state index contributed by atoms with van der Waals surface area (Å²) in [7, 11) is 0. The average molecular weight is 404 g/mol. The molecule has 30 heavy (non-hydrogen) atoms. The third-order valence-corrected chi connectivity index (χ3v) is 4.86. The highest BCUT2D eigenvalue weighted by Gasteiger charge is 2.26. The van der Waals surface area contributed by atoms with Crippen LogP contribution in [0.1, 0.15) is 22.8 Å². The Morgan fingerprint density at radius 2 is 1.90 bits per heavy atom. The number of hydrogen-bond donors (Lipinski definition) is 2. The van der Waals surface area contributed by atoms with Crippen LogP contribution in [0.2, 0.25) is 0 Å². The summed E-state index contributed by atoms with van der Waals surface area (Å²) in [6.45, 7) is 1.87. The summed E-state index contributed by atoms with van der Waals surface area (Å²) in [5.74, 6) is -1.26. The highest BCUT2D eigenvalue weighted by molar-refractivity contribution is 5.99. The molecule has 0 bridgehead atoms. The first kappa shape index (κ1) is 19.4. The molecule has 1 amide bonds. The number of hydrogen-bond acceptors (Lipinski definition) is 5. The second kappa shape index (κ2) is 8.24. The van der Waals surface area contributed by atoms with Crippen LogP contribution in [-0.4, -0.2) is 29.5 Å². The van der Waals surface area contributed by atoms with Crippen LogP contribution < -0.4 is 10.9 Å². The summed E-state index contributed by atoms with van der Waals surface area (Å²) in [6, 6.07) is 15.1. The van der Waals surface area contributed by atoms with E-state index in [0.717, 1.165) is 16.5 Å². The number of aromatic nitrogens is 1. The fourth-order valence-corrected chi connectivity index (χ4v) is 3.41. The van der Waals surface area contributed by atoms with E-state index < -0.39 is 23.5 Å². The molecule has 0 aliphatic heterocycles. The van der Waals surface area contributed by atoms with Crippen LogP contribution in [0.3, 0.4) is 0 Å². The molecule has 1 unspecified atom stereocenters. The lowest BCUT2D eigenvalue weighted by Crippen LogP contribution is -2.44. The van der Waals surface area contributed by atoms with Gasteiger partial charge in [0, 0.05) is 28.9 Å². The number of benzene rings is 2. The fourth-order valence-electron chi connectivity index (χ4n) is 3.41. The van der Waals surface area contributed by atoms with Gasteiger partial charge in [-0.25, -0.2) is 9.59 Å². The lowest BCUT2D eigenvalue weighted by atomic mass is 10.0. The predicted molar refractivity (Wildman–Crippen MR) is 112 cm³/mol. The minimum Gasteiger partial charge on any atom is -0.464 e. The highest BCUT2D eigenvalue weighted by atomic mass is 16.5. The lowest BCUT2D eigenvalue weighted by Gasteiger charge is -2.17. The Labute approximate surface area is 171 Å². The first-order valence-corrected chi connectivity index (χ1v) is 9.62. The smallest absolute Gasteiger partial charge is 0.349 e. The number of esters is 1. The maximum atomic E-state index is 12.8. The lowest BCUT2D eigenvalue weighted by molar-refractivity contribution is -0.145. The van der Waals surface area contributed by atoms with E-state index in [1.54, 1.807) is 37.4 Å². The number of para-hydroxylation sites is 2. The van der Waals surface area contributed by atoms with Gasteiger partial charge < -0.3 is 19.5 Å². The summed E-state index contributed by atoms with van der Waals surface area (Å²) in [4.78, 5) is 40.8. The zero-order valence-electron chi connectivity index (χ0n) is 16.3. The molecular weight excluding hydrogens is 384 g/mol. The van der Waals surface area contributed by atoms with Crippen molar-refractivity contribution >= 4 is 33.7 Å². The molecule has 0 fully saturated rings. The van der Waals surface area contributed by atoms with Gasteiger partial charge in [-0.05, 0) is 30.7 Å². The number of aromatic amines is 1. The van der Waals surface area contributed by atoms with Crippen molar-refractivity contribution in [3.8, 4) is 0 Å². The minimum absolute atomic E-state index is 0.165. The Kier molecular flexibility index (Phi) is 5.34. The number of nitrogens with one attached hydrogen (secondary N) is 2. The summed E-state index contributed by atoms with van der Waals surface area (Å²) in [5.41, 5.74) is 1.24. The number of fused-ring (bicyclic) bond motifs is 2. The first-order valence-electron chi connectivity index (χ1n) is 9.62. The molecule has 2 N–H and O–H groups in total. The van der Waals surface area contributed by atoms with Gasteiger partial charge in [-0.1, -0.05) is 36.4 Å². The van der Waals surface area contributed by atoms with Crippen molar-refractivity contribution in [2.75, 3.05) is 6.61 Å². The molecule has 7 heteroatoms. The van der Waals surface area contributed by atoms with E-state index in [9.17, 15) is 14.4 Å². The molecule has 0 spiro atoms. The van der Waals surface area contributed by atoms with Crippen LogP contribution in [-0.2, 0) is 16.0 Å². The number of rotatable bonds is 6. The van der Waals surface area contributed by atoms with E-state index in [4.69, 9.17) is 9.15 Å². The van der Waals surface area contributed by atoms with E-state index in [1.807, 2.05) is 24.3 Å². The fraction of sp³-hybridized carbons (Fsp3) is 0.174. The van der Waals surface area contributed by atoms with Crippen molar-refractivity contribution in [2.45, 2.75) is 19.4 Å². The first-order chi connectivity index (χ1) is 14.6. The Hall–Kier alpha value is -3.87. The predicted octanol–water partition coefficient (Wildman–Crippen LogP) is 3.18. The van der Waals surface area contributed by atoms with Crippen LogP contribution >= 0.6 is 0 Å². The summed E-state index contributed by atoms with van der Waals surface area (Å²) >= 11 is 0. The van der Waals surface area contributed by atoms with Crippen LogP contribution in [0.4, 0.5) is 0 Å². The van der Waals surface area contributed by atoms with Crippen molar-refractivity contribution in [2.24, 2.45) is 0 Å². The molecule has 0 radical (unpaired) electrons. The largest absolute Gasteiger partial charge is 0.464 e. The van der Waals surface area contributed by atoms with E-state index in [1.165, 1.54) is 6.07 Å². The number of carbonyl (C=O) groups is 2. The topological polar surface area (TPSA) is 101 Å². The second-order valence-electron chi connectivity index (χ2n) is 6.83. The Bertz CT molecular complexity index is 1290. The number of ether oxygens (including phenoxy) is 1. The molecule has 0 aliphatic rings. The van der Waals surface area contributed by atoms with Gasteiger partial charge in [0.2, 0.25) is 0 Å². The molecule has 0 saturated carbocycles. The molecular formula is C23H20N2O5. The monoisotopic (exact) mass is 404 g/mol. The molecule has 0 saturated heterocycles. The molecule has 152 valence electrons. The number of amides is 1. The van der Waals surface area contributed by atoms with Gasteiger partial charge in [-0.3, -0.25) is 4.79 Å². The van der Waals surface area contributed by atoms with Gasteiger partial charge in [0.05, 0.1) is 6.61 Å². The molecule has 7 nitrogen and oxygen atoms in total. The SMILES string of the molecule is CCOC(=O)C(Cc1c[nH]c2ccccc12)NC(=O)c1cc2ccccc2oc1=O. The van der Waals surface area contributed by atoms with Gasteiger partial charge in [0.15, 0.2) is 0 Å². The van der Waals surface area contributed by atoms with E-state index in [2.05, 4.69) is 10.3 Å². The standard InChI is InChI=1S/C23H20N2O5/c1-2-29-23(28)19(12-15-13-24-18-9-5-4-8-16(15)18)25-21(26)17-11-14-7-3-6-10-20(14)30-22(17)27/h3-11,13,19,24H,2,12H2,1H3,(H,25,26). The Morgan fingerprint density at radius 3 is 2.73 bits per heavy atom. The Morgan fingerprint density at radius 1 is 1.13 bits per heavy atom. The van der Waals surface area contributed by atoms with Gasteiger partial charge in [-0.15, -0.1) is 0 Å². The third kappa shape index (κ3) is 3.82. The summed E-state index contributed by atoms with van der Waals surface area (Å²) in [6.07, 6.45) is 2.01. The molecule has 4 rings (SSSR count). The van der Waals surface area contributed by atoms with Crippen LogP contribution in [0.15, 0.2) is 70.0 Å². The summed E-state index contributed by atoms with van der Waals surface area (Å²) < 4.78 is 10.4. The van der Waals surface area contributed by atoms with Crippen LogP contribution in [0, 0.1) is 0 Å². The molecule has 0 aliphatic carbocycles. The van der Waals surface area contributed by atoms with Crippen LogP contribution in [0.5, 0.6) is 0 Å². The summed E-state index contributed by atoms with van der Waals surface area (Å²) in [5, 5.41) is 4.21. The maximum Gasteiger partial charge on any atom is 0.349 e. The van der Waals surface area contributed by atoms with E-state index in [0.29, 0.717) is 11.0 Å². The zero-order chi connectivity index (χ0) is 21.1. The van der Waals surface area contributed by atoms with E-state index in [-0.39, 0.29) is 18.6 Å². The maximum absolute atomic E-state index is 12.8. The van der Waals surface area contributed by atoms with Gasteiger partial charge in [0.1, 0.15) is 17.2 Å². The quantitative estimate of drug-likeness (QED) is 0.380. The molecule has 4 aromatic rings. The average Bonchev–Trinajstić information content (AvgIpc) is 3.15. The van der Waals surface area contributed by atoms with Crippen molar-refractivity contribution in [1.29, 1.82) is 0 Å². The van der Waals surface area contributed by atoms with Gasteiger partial charge >= 0.3 is 11.6 Å². The molecule has 2 aromatic carbocycles. The van der Waals surface area contributed by atoms with Gasteiger partial charge in [-0.2, -0.15) is 0 Å². The highest BCUT2D eigenvalue weighted by Crippen LogP contribution is 2.20. The minimum atomic E-state index is -0.956.